The highest BCUT2D eigenvalue weighted by Gasteiger charge is 2.28. The molecule has 15 heavy (non-hydrogen) atoms. The van der Waals surface area contributed by atoms with Gasteiger partial charge >= 0.3 is 0 Å². The lowest BCUT2D eigenvalue weighted by Gasteiger charge is -2.28. The van der Waals surface area contributed by atoms with Crippen molar-refractivity contribution in [1.82, 2.24) is 4.90 Å². The zero-order chi connectivity index (χ0) is 11.9. The molecule has 0 aromatic rings. The molecule has 0 saturated heterocycles. The summed E-state index contributed by atoms with van der Waals surface area (Å²) in [6, 6.07) is 0. The third kappa shape index (κ3) is 5.19. The smallest absolute Gasteiger partial charge is 0.227 e. The van der Waals surface area contributed by atoms with Gasteiger partial charge in [-0.25, -0.2) is 0 Å². The molecule has 0 heterocycles. The average molecular weight is 213 g/mol. The summed E-state index contributed by atoms with van der Waals surface area (Å²) in [4.78, 5) is 13.8. The average Bonchev–Trinajstić information content (AvgIpc) is 2.22. The van der Waals surface area contributed by atoms with Crippen LogP contribution < -0.4 is 0 Å². The normalized spacial score (nSPS) is 11.5. The fourth-order valence-electron chi connectivity index (χ4n) is 1.76. The number of hydrogen-bond acceptors (Lipinski definition) is 1. The molecule has 0 aromatic heterocycles. The number of rotatable bonds is 7. The Morgan fingerprint density at radius 2 is 1.73 bits per heavy atom. The summed E-state index contributed by atoms with van der Waals surface area (Å²) in [5.74, 6) is 0.279. The first-order valence-electron chi connectivity index (χ1n) is 6.21. The molecule has 90 valence electrons. The maximum absolute atomic E-state index is 12.0. The Hall–Kier alpha value is -0.530. The van der Waals surface area contributed by atoms with E-state index in [0.717, 1.165) is 13.0 Å². The van der Waals surface area contributed by atoms with E-state index in [9.17, 15) is 4.79 Å². The van der Waals surface area contributed by atoms with Crippen LogP contribution in [0.15, 0.2) is 0 Å². The fourth-order valence-corrected chi connectivity index (χ4v) is 1.76. The third-order valence-electron chi connectivity index (χ3n) is 3.06. The summed E-state index contributed by atoms with van der Waals surface area (Å²) in [7, 11) is 1.89. The molecule has 0 atom stereocenters. The predicted molar refractivity (Wildman–Crippen MR) is 65.9 cm³/mol. The van der Waals surface area contributed by atoms with E-state index in [1.165, 1.54) is 25.7 Å². The lowest BCUT2D eigenvalue weighted by Crippen LogP contribution is -2.38. The number of carbonyl (C=O) groups excluding carboxylic acids is 1. The van der Waals surface area contributed by atoms with Crippen LogP contribution in [0.3, 0.4) is 0 Å². The molecule has 0 N–H and O–H groups in total. The van der Waals surface area contributed by atoms with Crippen molar-refractivity contribution in [2.75, 3.05) is 13.6 Å². The lowest BCUT2D eigenvalue weighted by molar-refractivity contribution is -0.139. The minimum atomic E-state index is -0.182. The van der Waals surface area contributed by atoms with E-state index in [4.69, 9.17) is 0 Å². The molecule has 0 fully saturated rings. The zero-order valence-corrected chi connectivity index (χ0v) is 11.1. The Morgan fingerprint density at radius 3 is 2.20 bits per heavy atom. The minimum absolute atomic E-state index is 0.182. The van der Waals surface area contributed by atoms with Crippen LogP contribution in [-0.4, -0.2) is 24.4 Å². The van der Waals surface area contributed by atoms with E-state index in [0.29, 0.717) is 0 Å². The molecule has 0 radical (unpaired) electrons. The van der Waals surface area contributed by atoms with Crippen molar-refractivity contribution in [3.8, 4) is 0 Å². The van der Waals surface area contributed by atoms with Gasteiger partial charge in [-0.1, -0.05) is 46.5 Å². The van der Waals surface area contributed by atoms with Crippen LogP contribution in [0.1, 0.15) is 59.8 Å². The van der Waals surface area contributed by atoms with E-state index in [-0.39, 0.29) is 11.3 Å². The second-order valence-electron chi connectivity index (χ2n) is 5.01. The van der Waals surface area contributed by atoms with Crippen LogP contribution in [-0.2, 0) is 4.79 Å². The first kappa shape index (κ1) is 14.5. The Morgan fingerprint density at radius 1 is 1.13 bits per heavy atom. The fraction of sp³-hybridized carbons (Fsp3) is 0.923. The molecular formula is C13H27NO. The number of hydrogen-bond donors (Lipinski definition) is 0. The Kier molecular flexibility index (Phi) is 6.62. The van der Waals surface area contributed by atoms with Crippen molar-refractivity contribution in [3.63, 3.8) is 0 Å². The van der Waals surface area contributed by atoms with E-state index >= 15 is 0 Å². The van der Waals surface area contributed by atoms with Gasteiger partial charge in [0.25, 0.3) is 0 Å². The molecule has 0 rings (SSSR count). The van der Waals surface area contributed by atoms with Gasteiger partial charge in [-0.2, -0.15) is 0 Å². The number of unbranched alkanes of at least 4 members (excludes halogenated alkanes) is 3. The van der Waals surface area contributed by atoms with Crippen LogP contribution in [0, 0.1) is 5.41 Å². The van der Waals surface area contributed by atoms with Gasteiger partial charge in [0, 0.05) is 19.0 Å². The van der Waals surface area contributed by atoms with E-state index in [2.05, 4.69) is 20.8 Å². The van der Waals surface area contributed by atoms with Gasteiger partial charge < -0.3 is 4.90 Å². The van der Waals surface area contributed by atoms with Crippen molar-refractivity contribution in [2.45, 2.75) is 59.8 Å². The van der Waals surface area contributed by atoms with Crippen molar-refractivity contribution >= 4 is 5.91 Å². The summed E-state index contributed by atoms with van der Waals surface area (Å²) < 4.78 is 0. The Bertz CT molecular complexity index is 187. The molecule has 0 saturated carbocycles. The third-order valence-corrected chi connectivity index (χ3v) is 3.06. The topological polar surface area (TPSA) is 20.3 Å². The van der Waals surface area contributed by atoms with Crippen molar-refractivity contribution in [2.24, 2.45) is 5.41 Å². The molecule has 2 heteroatoms. The highest BCUT2D eigenvalue weighted by atomic mass is 16.2. The maximum atomic E-state index is 12.0. The molecule has 0 aliphatic heterocycles. The first-order chi connectivity index (χ1) is 6.95. The second-order valence-corrected chi connectivity index (χ2v) is 5.01. The Balaban J connectivity index is 3.99. The molecule has 0 aliphatic rings. The van der Waals surface area contributed by atoms with E-state index in [1.54, 1.807) is 0 Å². The van der Waals surface area contributed by atoms with Gasteiger partial charge in [0.2, 0.25) is 5.91 Å². The van der Waals surface area contributed by atoms with Gasteiger partial charge in [-0.3, -0.25) is 4.79 Å². The Labute approximate surface area is 95.0 Å². The molecule has 0 unspecified atom stereocenters. The van der Waals surface area contributed by atoms with Crippen molar-refractivity contribution in [1.29, 1.82) is 0 Å². The molecule has 0 aliphatic carbocycles. The largest absolute Gasteiger partial charge is 0.346 e. The van der Waals surface area contributed by atoms with Gasteiger partial charge in [0.1, 0.15) is 0 Å². The predicted octanol–water partition coefficient (Wildman–Crippen LogP) is 3.46. The highest BCUT2D eigenvalue weighted by Crippen LogP contribution is 2.26. The van der Waals surface area contributed by atoms with Crippen molar-refractivity contribution in [3.05, 3.63) is 0 Å². The quantitative estimate of drug-likeness (QED) is 0.593. The van der Waals surface area contributed by atoms with E-state index < -0.39 is 0 Å². The van der Waals surface area contributed by atoms with Crippen LogP contribution in [0.5, 0.6) is 0 Å². The molecule has 0 aromatic carbocycles. The van der Waals surface area contributed by atoms with Crippen LogP contribution >= 0.6 is 0 Å². The summed E-state index contributed by atoms with van der Waals surface area (Å²) in [5, 5.41) is 0. The van der Waals surface area contributed by atoms with Gasteiger partial charge in [0.15, 0.2) is 0 Å². The number of carbonyl (C=O) groups is 1. The SMILES string of the molecule is CCCCCCC(C)(C)C(=O)N(C)CC. The van der Waals surface area contributed by atoms with Gasteiger partial charge in [0.05, 0.1) is 0 Å². The lowest BCUT2D eigenvalue weighted by atomic mass is 9.85. The molecule has 1 amide bonds. The molecular weight excluding hydrogens is 186 g/mol. The van der Waals surface area contributed by atoms with Crippen LogP contribution in [0.2, 0.25) is 0 Å². The number of amides is 1. The second kappa shape index (κ2) is 6.86. The molecule has 0 bridgehead atoms. The van der Waals surface area contributed by atoms with E-state index in [1.807, 2.05) is 18.9 Å². The summed E-state index contributed by atoms with van der Waals surface area (Å²) in [5.41, 5.74) is -0.182. The maximum Gasteiger partial charge on any atom is 0.227 e. The minimum Gasteiger partial charge on any atom is -0.346 e. The van der Waals surface area contributed by atoms with Crippen molar-refractivity contribution < 1.29 is 4.79 Å². The van der Waals surface area contributed by atoms with Crippen LogP contribution in [0.4, 0.5) is 0 Å². The number of nitrogens with zero attached hydrogens (tertiary/aromatic N) is 1. The molecule has 2 nitrogen and oxygen atoms in total. The standard InChI is InChI=1S/C13H27NO/c1-6-8-9-10-11-13(3,4)12(15)14(5)7-2/h6-11H2,1-5H3. The monoisotopic (exact) mass is 213 g/mol. The highest BCUT2D eigenvalue weighted by molar-refractivity contribution is 5.81. The summed E-state index contributed by atoms with van der Waals surface area (Å²) in [6.45, 7) is 9.16. The summed E-state index contributed by atoms with van der Waals surface area (Å²) >= 11 is 0. The first-order valence-corrected chi connectivity index (χ1v) is 6.21. The van der Waals surface area contributed by atoms with Crippen LogP contribution in [0.25, 0.3) is 0 Å². The van der Waals surface area contributed by atoms with Gasteiger partial charge in [-0.05, 0) is 13.3 Å². The molecule has 0 spiro atoms. The summed E-state index contributed by atoms with van der Waals surface area (Å²) in [6.07, 6.45) is 5.97. The zero-order valence-electron chi connectivity index (χ0n) is 11.1. The van der Waals surface area contributed by atoms with Gasteiger partial charge in [-0.15, -0.1) is 0 Å².